The van der Waals surface area contributed by atoms with Crippen LogP contribution in [-0.2, 0) is 16.6 Å². The first kappa shape index (κ1) is 54.1. The summed E-state index contributed by atoms with van der Waals surface area (Å²) in [7, 11) is 3.34. The quantitative estimate of drug-likeness (QED) is 0.101. The highest BCUT2D eigenvalue weighted by atomic mass is 79.9. The molecule has 0 aliphatic carbocycles. The number of nitrogen functional groups attached to an aromatic ring is 1. The minimum Gasteiger partial charge on any atom is -0.481 e. The van der Waals surface area contributed by atoms with Crippen molar-refractivity contribution in [2.24, 2.45) is 7.05 Å². The average molecular weight is 1250 g/mol. The van der Waals surface area contributed by atoms with Crippen molar-refractivity contribution in [3.63, 3.8) is 0 Å². The average Bonchev–Trinajstić information content (AvgIpc) is 4.23. The van der Waals surface area contributed by atoms with Gasteiger partial charge in [0.2, 0.25) is 5.88 Å². The Balaban J connectivity index is 0.000000138. The van der Waals surface area contributed by atoms with Gasteiger partial charge >= 0.3 is 5.97 Å². The Bertz CT molecular complexity index is 3770. The fraction of sp³-hybridized carbons (Fsp3) is 0.0943. The molecule has 0 unspecified atom stereocenters. The SMILES string of the molecule is C/C=C/C(=O)OCC.COc1ccn2nc(-c3ccc(Br)cc3)cc2n1.Cn1c(=O)ccn2nc(-c3ccc(Br)cc3)cc12.Nc1cc(-c2ccc(Br)cc2)[nH]n1.O=c1ccn2nc(-c3ccc(Br)cc3)cc2[nH]1. The maximum absolute atomic E-state index is 11.5. The number of aryl methyl sites for hydroxylation is 1. The number of esters is 1. The molecule has 0 aliphatic rings. The van der Waals surface area contributed by atoms with E-state index in [4.69, 9.17) is 10.5 Å². The van der Waals surface area contributed by atoms with Gasteiger partial charge in [0, 0.05) is 109 Å². The first-order valence-electron chi connectivity index (χ1n) is 22.4. The highest BCUT2D eigenvalue weighted by molar-refractivity contribution is 9.11. The number of aromatic amines is 2. The molecule has 0 saturated carbocycles. The second kappa shape index (κ2) is 25.8. The van der Waals surface area contributed by atoms with Crippen molar-refractivity contribution in [1.29, 1.82) is 0 Å². The fourth-order valence-electron chi connectivity index (χ4n) is 6.71. The maximum atomic E-state index is 11.5. The molecule has 0 fully saturated rings. The van der Waals surface area contributed by atoms with Gasteiger partial charge in [0.1, 0.15) is 17.1 Å². The number of allylic oxidation sites excluding steroid dienone is 1. The molecule has 0 aliphatic heterocycles. The van der Waals surface area contributed by atoms with E-state index in [0.717, 1.165) is 74.2 Å². The molecule has 11 aromatic rings. The van der Waals surface area contributed by atoms with Gasteiger partial charge in [0.25, 0.3) is 11.1 Å². The summed E-state index contributed by atoms with van der Waals surface area (Å²) in [5.74, 6) is 0.831. The number of carbonyl (C=O) groups excluding carboxylic acids is 1. The summed E-state index contributed by atoms with van der Waals surface area (Å²) in [6, 6.07) is 44.0. The van der Waals surface area contributed by atoms with Crippen LogP contribution in [0.4, 0.5) is 5.82 Å². The monoisotopic (exact) mass is 1250 g/mol. The van der Waals surface area contributed by atoms with Crippen molar-refractivity contribution in [3.05, 3.63) is 209 Å². The molecule has 0 amide bonds. The van der Waals surface area contributed by atoms with Gasteiger partial charge in [-0.15, -0.1) is 0 Å². The van der Waals surface area contributed by atoms with E-state index in [1.807, 2.05) is 128 Å². The topological polar surface area (TPSA) is 210 Å². The highest BCUT2D eigenvalue weighted by Crippen LogP contribution is 2.25. The zero-order chi connectivity index (χ0) is 52.7. The minimum atomic E-state index is -0.269. The summed E-state index contributed by atoms with van der Waals surface area (Å²) in [5, 5.41) is 20.0. The van der Waals surface area contributed by atoms with Crippen LogP contribution in [0.5, 0.6) is 5.88 Å². The van der Waals surface area contributed by atoms with E-state index in [1.165, 1.54) is 18.2 Å². The van der Waals surface area contributed by atoms with Crippen LogP contribution in [0.1, 0.15) is 13.8 Å². The second-order valence-electron chi connectivity index (χ2n) is 15.5. The predicted octanol–water partition coefficient (Wildman–Crippen LogP) is 11.6. The summed E-state index contributed by atoms with van der Waals surface area (Å²) < 4.78 is 20.5. The van der Waals surface area contributed by atoms with E-state index in [0.29, 0.717) is 24.0 Å². The number of H-pyrrole nitrogens is 2. The minimum absolute atomic E-state index is 0.0373. The van der Waals surface area contributed by atoms with E-state index < -0.39 is 0 Å². The molecular weight excluding hydrogens is 1200 g/mol. The van der Waals surface area contributed by atoms with Crippen LogP contribution in [0.25, 0.3) is 62.0 Å². The van der Waals surface area contributed by atoms with Crippen LogP contribution in [0.3, 0.4) is 0 Å². The molecule has 0 atom stereocenters. The van der Waals surface area contributed by atoms with Crippen molar-refractivity contribution in [2.45, 2.75) is 13.8 Å². The number of hydrogen-bond donors (Lipinski definition) is 3. The molecule has 0 radical (unpaired) electrons. The Hall–Kier alpha value is -7.72. The van der Waals surface area contributed by atoms with Crippen LogP contribution in [0.2, 0.25) is 0 Å². The Morgan fingerprint density at radius 2 is 1.15 bits per heavy atom. The van der Waals surface area contributed by atoms with Gasteiger partial charge in [-0.2, -0.15) is 25.4 Å². The third-order valence-corrected chi connectivity index (χ3v) is 12.5. The molecule has 0 saturated heterocycles. The zero-order valence-corrected chi connectivity index (χ0v) is 46.4. The lowest BCUT2D eigenvalue weighted by Gasteiger charge is -1.97. The number of aromatic nitrogens is 11. The number of halogens is 4. The van der Waals surface area contributed by atoms with E-state index in [1.54, 1.807) is 70.7 Å². The maximum Gasteiger partial charge on any atom is 0.330 e. The van der Waals surface area contributed by atoms with E-state index >= 15 is 0 Å². The van der Waals surface area contributed by atoms with Gasteiger partial charge in [0.05, 0.1) is 36.5 Å². The molecule has 4 aromatic carbocycles. The third-order valence-electron chi connectivity index (χ3n) is 10.4. The van der Waals surface area contributed by atoms with Gasteiger partial charge in [-0.3, -0.25) is 19.3 Å². The van der Waals surface area contributed by atoms with Crippen LogP contribution < -0.4 is 21.6 Å². The van der Waals surface area contributed by atoms with E-state index in [2.05, 4.69) is 104 Å². The molecule has 7 aromatic heterocycles. The summed E-state index contributed by atoms with van der Waals surface area (Å²) in [6.07, 6.45) is 8.21. The van der Waals surface area contributed by atoms with Crippen LogP contribution >= 0.6 is 63.7 Å². The number of carbonyl (C=O) groups is 1. The lowest BCUT2D eigenvalue weighted by atomic mass is 10.2. The molecule has 11 rings (SSSR count). The number of benzene rings is 4. The molecule has 17 nitrogen and oxygen atoms in total. The van der Waals surface area contributed by atoms with Crippen molar-refractivity contribution < 1.29 is 14.3 Å². The van der Waals surface area contributed by atoms with Gasteiger partial charge in [-0.1, -0.05) is 118 Å². The molecule has 376 valence electrons. The number of hydrogen-bond acceptors (Lipinski definition) is 11. The molecule has 74 heavy (non-hydrogen) atoms. The van der Waals surface area contributed by atoms with Crippen molar-refractivity contribution in [1.82, 2.24) is 53.6 Å². The Labute approximate surface area is 457 Å². The molecule has 4 N–H and O–H groups in total. The van der Waals surface area contributed by atoms with Crippen molar-refractivity contribution in [3.8, 4) is 50.9 Å². The largest absolute Gasteiger partial charge is 0.481 e. The van der Waals surface area contributed by atoms with Crippen molar-refractivity contribution in [2.75, 3.05) is 19.5 Å². The highest BCUT2D eigenvalue weighted by Gasteiger charge is 2.09. The Morgan fingerprint density at radius 3 is 1.68 bits per heavy atom. The van der Waals surface area contributed by atoms with Gasteiger partial charge in [-0.25, -0.2) is 18.3 Å². The number of rotatable bonds is 7. The summed E-state index contributed by atoms with van der Waals surface area (Å²) in [6.45, 7) is 4.00. The number of nitrogens with zero attached hydrogens (tertiary/aromatic N) is 9. The van der Waals surface area contributed by atoms with Crippen LogP contribution in [0.15, 0.2) is 198 Å². The normalized spacial score (nSPS) is 10.6. The first-order valence-corrected chi connectivity index (χ1v) is 25.6. The van der Waals surface area contributed by atoms with Gasteiger partial charge in [-0.05, 0) is 67.9 Å². The first-order chi connectivity index (χ1) is 35.7. The predicted molar refractivity (Wildman–Crippen MR) is 303 cm³/mol. The lowest BCUT2D eigenvalue weighted by Crippen LogP contribution is -2.17. The van der Waals surface area contributed by atoms with E-state index in [-0.39, 0.29) is 17.1 Å². The van der Waals surface area contributed by atoms with Crippen LogP contribution in [-0.4, -0.2) is 73.3 Å². The molecule has 0 bridgehead atoms. The van der Waals surface area contributed by atoms with Crippen molar-refractivity contribution >= 4 is 92.4 Å². The molecule has 7 heterocycles. The Kier molecular flexibility index (Phi) is 18.8. The molecule has 21 heteroatoms. The number of methoxy groups -OCH3 is 1. The Morgan fingerprint density at radius 1 is 0.649 bits per heavy atom. The number of nitrogens with one attached hydrogen (secondary N) is 2. The smallest absolute Gasteiger partial charge is 0.330 e. The number of fused-ring (bicyclic) bond motifs is 3. The number of ether oxygens (including phenoxy) is 2. The van der Waals surface area contributed by atoms with Gasteiger partial charge in [0.15, 0.2) is 5.65 Å². The third kappa shape index (κ3) is 14.7. The number of anilines is 1. The zero-order valence-electron chi connectivity index (χ0n) is 40.0. The van der Waals surface area contributed by atoms with Crippen LogP contribution in [0, 0.1) is 0 Å². The lowest BCUT2D eigenvalue weighted by molar-refractivity contribution is -0.137. The fourth-order valence-corrected chi connectivity index (χ4v) is 7.77. The summed E-state index contributed by atoms with van der Waals surface area (Å²) in [5.41, 5.74) is 15.2. The summed E-state index contributed by atoms with van der Waals surface area (Å²) in [4.78, 5) is 40.1. The van der Waals surface area contributed by atoms with E-state index in [9.17, 15) is 14.4 Å². The summed E-state index contributed by atoms with van der Waals surface area (Å²) >= 11 is 13.6. The molecule has 0 spiro atoms. The van der Waals surface area contributed by atoms with Gasteiger partial charge < -0.3 is 20.2 Å². The second-order valence-corrected chi connectivity index (χ2v) is 19.2. The number of nitrogens with two attached hydrogens (primary N) is 1. The molecular formula is C53H46Br4N12O5. The standard InChI is InChI=1S/2C13H10BrN3O.C12H8BrN3O.C9H8BrN3.C6H10O2/c1-18-13-6-7-17-12(15-13)8-11(16-17)9-2-4-10(14)5-3-9;1-16-12-8-11(9-2-4-10(14)5-3-9)15-17(12)7-6-13(16)18;13-9-3-1-8(2-4-9)10-7-11-14-12(17)5-6-16(11)15-10;10-7-3-1-6(2-4-7)8-5-9(11)13-12-8;1-3-5-6(7)8-4-2/h2*2-8H,1H3;1-7H,(H,14,17);1-5H,(H3,11,12,13);3,5H,4H2,1-2H3/b;;;;5-3+.